The molecule has 0 heterocycles. The number of benzene rings is 2. The lowest BCUT2D eigenvalue weighted by atomic mass is 9.87. The maximum Gasteiger partial charge on any atom is 0.244 e. The molecule has 3 rings (SSSR count). The fourth-order valence-electron chi connectivity index (χ4n) is 3.66. The molecule has 0 spiro atoms. The van der Waals surface area contributed by atoms with Crippen LogP contribution in [0.5, 0.6) is 0 Å². The molecule has 0 bridgehead atoms. The van der Waals surface area contributed by atoms with E-state index in [0.717, 1.165) is 37.3 Å². The van der Waals surface area contributed by atoms with E-state index in [1.165, 1.54) is 18.2 Å². The van der Waals surface area contributed by atoms with Gasteiger partial charge in [0.1, 0.15) is 16.8 Å². The average Bonchev–Trinajstić information content (AvgIpc) is 2.70. The van der Waals surface area contributed by atoms with Gasteiger partial charge in [0, 0.05) is 6.04 Å². The van der Waals surface area contributed by atoms with Gasteiger partial charge in [0.25, 0.3) is 0 Å². The Morgan fingerprint density at radius 2 is 1.66 bits per heavy atom. The van der Waals surface area contributed by atoms with Gasteiger partial charge in [-0.15, -0.1) is 0 Å². The third kappa shape index (κ3) is 5.87. The third-order valence-corrected chi connectivity index (χ3v) is 6.89. The molecule has 1 unspecified atom stereocenters. The molecule has 2 N–H and O–H groups in total. The lowest BCUT2D eigenvalue weighted by molar-refractivity contribution is -0.123. The molecule has 0 aliphatic heterocycles. The van der Waals surface area contributed by atoms with Crippen molar-refractivity contribution in [2.24, 2.45) is 5.92 Å². The second kappa shape index (κ2) is 9.50. The molecular weight excluding hydrogens is 391 g/mol. The molecule has 2 aromatic rings. The maximum absolute atomic E-state index is 14.1. The Kier molecular flexibility index (Phi) is 7.03. The number of carbonyl (C=O) groups excluding carboxylic acids is 1. The van der Waals surface area contributed by atoms with E-state index in [-0.39, 0.29) is 18.4 Å². The first-order valence-corrected chi connectivity index (χ1v) is 11.4. The molecule has 0 aromatic heterocycles. The summed E-state index contributed by atoms with van der Waals surface area (Å²) in [5, 5.41) is 2.99. The van der Waals surface area contributed by atoms with Crippen molar-refractivity contribution < 1.29 is 17.6 Å². The Balaban J connectivity index is 1.79. The van der Waals surface area contributed by atoms with Gasteiger partial charge < -0.3 is 5.32 Å². The summed E-state index contributed by atoms with van der Waals surface area (Å²) in [6.07, 6.45) is 4.02. The van der Waals surface area contributed by atoms with Crippen molar-refractivity contribution in [2.45, 2.75) is 56.0 Å². The molecule has 5 nitrogen and oxygen atoms in total. The van der Waals surface area contributed by atoms with Gasteiger partial charge in [-0.1, -0.05) is 49.4 Å². The van der Waals surface area contributed by atoms with Gasteiger partial charge in [0.05, 0.1) is 0 Å². The molecule has 0 radical (unpaired) electrons. The zero-order valence-corrected chi connectivity index (χ0v) is 17.3. The first-order chi connectivity index (χ1) is 13.8. The standard InChI is InChI=1S/C22H27FN2O3S/c1-16-11-13-18(14-12-16)24-22(26)20(15-17-7-3-2-4-8-17)25-29(27,28)21-10-6-5-9-19(21)23/h2-10,16,18,20,25H,11-15H2,1H3,(H,24,26). The number of carbonyl (C=O) groups is 1. The number of hydrogen-bond donors (Lipinski definition) is 2. The van der Waals surface area contributed by atoms with Crippen LogP contribution in [0, 0.1) is 11.7 Å². The summed E-state index contributed by atoms with van der Waals surface area (Å²) in [7, 11) is -4.19. The molecule has 1 aliphatic rings. The molecule has 1 atom stereocenters. The SMILES string of the molecule is CC1CCC(NC(=O)C(Cc2ccccc2)NS(=O)(=O)c2ccccc2F)CC1. The highest BCUT2D eigenvalue weighted by molar-refractivity contribution is 7.89. The van der Waals surface area contributed by atoms with E-state index < -0.39 is 26.8 Å². The number of amides is 1. The molecule has 29 heavy (non-hydrogen) atoms. The lowest BCUT2D eigenvalue weighted by Gasteiger charge is -2.29. The smallest absolute Gasteiger partial charge is 0.244 e. The number of nitrogens with one attached hydrogen (secondary N) is 2. The number of sulfonamides is 1. The van der Waals surface area contributed by atoms with Crippen LogP contribution >= 0.6 is 0 Å². The zero-order chi connectivity index (χ0) is 20.9. The molecule has 1 fully saturated rings. The highest BCUT2D eigenvalue weighted by Crippen LogP contribution is 2.23. The van der Waals surface area contributed by atoms with Crippen molar-refractivity contribution in [2.75, 3.05) is 0 Å². The second-order valence-electron chi connectivity index (χ2n) is 7.76. The minimum atomic E-state index is -4.19. The average molecular weight is 419 g/mol. The van der Waals surface area contributed by atoms with Crippen molar-refractivity contribution in [1.29, 1.82) is 0 Å². The normalized spacial score (nSPS) is 20.8. The number of hydrogen-bond acceptors (Lipinski definition) is 3. The van der Waals surface area contributed by atoms with Crippen molar-refractivity contribution in [1.82, 2.24) is 10.0 Å². The van der Waals surface area contributed by atoms with Crippen LogP contribution in [0.3, 0.4) is 0 Å². The van der Waals surface area contributed by atoms with Crippen LogP contribution in [-0.2, 0) is 21.2 Å². The number of rotatable bonds is 7. The first kappa shape index (κ1) is 21.5. The summed E-state index contributed by atoms with van der Waals surface area (Å²) in [4.78, 5) is 12.5. The van der Waals surface area contributed by atoms with Crippen molar-refractivity contribution in [3.63, 3.8) is 0 Å². The van der Waals surface area contributed by atoms with Gasteiger partial charge >= 0.3 is 0 Å². The monoisotopic (exact) mass is 418 g/mol. The zero-order valence-electron chi connectivity index (χ0n) is 16.5. The summed E-state index contributed by atoms with van der Waals surface area (Å²) in [6, 6.07) is 13.3. The fourth-order valence-corrected chi connectivity index (χ4v) is 4.93. The Hall–Kier alpha value is -2.25. The summed E-state index contributed by atoms with van der Waals surface area (Å²) in [5.41, 5.74) is 0.821. The van der Waals surface area contributed by atoms with Gasteiger partial charge in [-0.25, -0.2) is 12.8 Å². The van der Waals surface area contributed by atoms with Gasteiger partial charge in [-0.05, 0) is 55.7 Å². The van der Waals surface area contributed by atoms with E-state index in [4.69, 9.17) is 0 Å². The predicted octanol–water partition coefficient (Wildman–Crippen LogP) is 3.41. The summed E-state index contributed by atoms with van der Waals surface area (Å²) in [6.45, 7) is 2.19. The molecule has 156 valence electrons. The summed E-state index contributed by atoms with van der Waals surface area (Å²) >= 11 is 0. The number of halogens is 1. The minimum Gasteiger partial charge on any atom is -0.352 e. The van der Waals surface area contributed by atoms with Crippen molar-refractivity contribution in [3.05, 3.63) is 66.0 Å². The van der Waals surface area contributed by atoms with E-state index in [0.29, 0.717) is 5.92 Å². The van der Waals surface area contributed by atoms with E-state index in [1.54, 1.807) is 0 Å². The topological polar surface area (TPSA) is 75.3 Å². The van der Waals surface area contributed by atoms with E-state index in [1.807, 2.05) is 30.3 Å². The van der Waals surface area contributed by atoms with E-state index in [9.17, 15) is 17.6 Å². The van der Waals surface area contributed by atoms with Crippen LogP contribution in [0.1, 0.15) is 38.2 Å². The molecule has 7 heteroatoms. The van der Waals surface area contributed by atoms with Gasteiger partial charge in [-0.2, -0.15) is 4.72 Å². The summed E-state index contributed by atoms with van der Waals surface area (Å²) in [5.74, 6) is -0.587. The van der Waals surface area contributed by atoms with Crippen molar-refractivity contribution >= 4 is 15.9 Å². The Morgan fingerprint density at radius 3 is 2.31 bits per heavy atom. The van der Waals surface area contributed by atoms with Crippen LogP contribution in [-0.4, -0.2) is 26.4 Å². The third-order valence-electron chi connectivity index (χ3n) is 5.38. The van der Waals surface area contributed by atoms with Gasteiger partial charge in [0.15, 0.2) is 0 Å². The van der Waals surface area contributed by atoms with E-state index >= 15 is 0 Å². The Morgan fingerprint density at radius 1 is 1.03 bits per heavy atom. The molecule has 1 amide bonds. The van der Waals surface area contributed by atoms with Crippen LogP contribution in [0.4, 0.5) is 4.39 Å². The molecule has 2 aromatic carbocycles. The lowest BCUT2D eigenvalue weighted by Crippen LogP contribution is -2.51. The highest BCUT2D eigenvalue weighted by atomic mass is 32.2. The van der Waals surface area contributed by atoms with Gasteiger partial charge in [0.2, 0.25) is 15.9 Å². The maximum atomic E-state index is 14.1. The fraction of sp³-hybridized carbons (Fsp3) is 0.409. The second-order valence-corrected chi connectivity index (χ2v) is 9.44. The minimum absolute atomic E-state index is 0.0370. The van der Waals surface area contributed by atoms with E-state index in [2.05, 4.69) is 17.0 Å². The molecular formula is C22H27FN2O3S. The van der Waals surface area contributed by atoms with Crippen LogP contribution in [0.2, 0.25) is 0 Å². The molecule has 1 aliphatic carbocycles. The largest absolute Gasteiger partial charge is 0.352 e. The van der Waals surface area contributed by atoms with Crippen LogP contribution < -0.4 is 10.0 Å². The van der Waals surface area contributed by atoms with Gasteiger partial charge in [-0.3, -0.25) is 4.79 Å². The predicted molar refractivity (Wildman–Crippen MR) is 110 cm³/mol. The summed E-state index contributed by atoms with van der Waals surface area (Å²) < 4.78 is 42.0. The van der Waals surface area contributed by atoms with Crippen molar-refractivity contribution in [3.8, 4) is 0 Å². The van der Waals surface area contributed by atoms with Crippen LogP contribution in [0.15, 0.2) is 59.5 Å². The van der Waals surface area contributed by atoms with Crippen LogP contribution in [0.25, 0.3) is 0 Å². The Bertz CT molecular complexity index is 926. The quantitative estimate of drug-likeness (QED) is 0.724. The molecule has 1 saturated carbocycles. The Labute approximate surface area is 171 Å². The first-order valence-electron chi connectivity index (χ1n) is 9.96. The highest BCUT2D eigenvalue weighted by Gasteiger charge is 2.29. The molecule has 0 saturated heterocycles.